The lowest BCUT2D eigenvalue weighted by atomic mass is 9.86. The zero-order valence-corrected chi connectivity index (χ0v) is 26.6. The zero-order chi connectivity index (χ0) is 32.1. The van der Waals surface area contributed by atoms with E-state index in [2.05, 4.69) is 170 Å². The summed E-state index contributed by atoms with van der Waals surface area (Å²) in [7, 11) is 0. The second kappa shape index (κ2) is 10.0. The highest BCUT2D eigenvalue weighted by atomic mass is 16.3. The molecule has 0 atom stereocenters. The summed E-state index contributed by atoms with van der Waals surface area (Å²) in [6, 6.07) is 62.0. The van der Waals surface area contributed by atoms with Crippen LogP contribution in [0.3, 0.4) is 0 Å². The van der Waals surface area contributed by atoms with Gasteiger partial charge in [0.05, 0.1) is 0 Å². The number of benzene rings is 10. The van der Waals surface area contributed by atoms with E-state index < -0.39 is 0 Å². The minimum absolute atomic E-state index is 0.903. The molecule has 0 N–H and O–H groups in total. The fraction of sp³-hybridized carbons (Fsp3) is 0. The molecule has 0 aliphatic heterocycles. The van der Waals surface area contributed by atoms with Crippen molar-refractivity contribution in [3.8, 4) is 33.4 Å². The van der Waals surface area contributed by atoms with Crippen LogP contribution in [0.2, 0.25) is 0 Å². The van der Waals surface area contributed by atoms with E-state index in [0.717, 1.165) is 32.9 Å². The number of rotatable bonds is 3. The molecule has 11 rings (SSSR count). The van der Waals surface area contributed by atoms with Crippen LogP contribution in [0.15, 0.2) is 174 Å². The van der Waals surface area contributed by atoms with E-state index in [1.807, 2.05) is 0 Å². The second-order valence-corrected chi connectivity index (χ2v) is 13.2. The molecule has 0 aliphatic rings. The summed E-state index contributed by atoms with van der Waals surface area (Å²) in [5.41, 5.74) is 9.06. The molecule has 11 aromatic rings. The van der Waals surface area contributed by atoms with Crippen molar-refractivity contribution in [1.29, 1.82) is 0 Å². The Morgan fingerprint density at radius 2 is 0.857 bits per heavy atom. The quantitative estimate of drug-likeness (QED) is 0.179. The molecule has 0 aliphatic carbocycles. The Labute approximate surface area is 282 Å². The Balaban J connectivity index is 1.27. The van der Waals surface area contributed by atoms with Gasteiger partial charge in [-0.05, 0) is 100 Å². The lowest BCUT2D eigenvalue weighted by Crippen LogP contribution is -1.90. The number of hydrogen-bond acceptors (Lipinski definition) is 1. The minimum atomic E-state index is 0.903. The highest BCUT2D eigenvalue weighted by molar-refractivity contribution is 6.28. The number of hydrogen-bond donors (Lipinski definition) is 0. The Morgan fingerprint density at radius 1 is 0.286 bits per heavy atom. The van der Waals surface area contributed by atoms with Gasteiger partial charge in [0.25, 0.3) is 0 Å². The maximum absolute atomic E-state index is 6.92. The van der Waals surface area contributed by atoms with Gasteiger partial charge in [0.1, 0.15) is 11.2 Å². The van der Waals surface area contributed by atoms with Gasteiger partial charge < -0.3 is 4.42 Å². The summed E-state index contributed by atoms with van der Waals surface area (Å²) in [4.78, 5) is 0. The lowest BCUT2D eigenvalue weighted by molar-refractivity contribution is 0.673. The Bertz CT molecular complexity index is 3070. The maximum Gasteiger partial charge on any atom is 0.143 e. The molecule has 1 heteroatoms. The fourth-order valence-electron chi connectivity index (χ4n) is 8.39. The summed E-state index contributed by atoms with van der Waals surface area (Å²) >= 11 is 0. The molecule has 10 aromatic carbocycles. The molecule has 0 bridgehead atoms. The standard InChI is InChI=1S/C48H28O/c1-2-9-29(10-3-1)35-25-26-36(39-16-7-6-15-38(35)39)34-27-43(47-42-24-19-30-11-4-5-14-37(30)48(42)49-44(47)28-34)40-22-20-33-18-17-31-12-8-13-32-21-23-41(40)46(33)45(31)32/h1-28H. The largest absolute Gasteiger partial charge is 0.455 e. The van der Waals surface area contributed by atoms with Crippen molar-refractivity contribution >= 4 is 75.8 Å². The van der Waals surface area contributed by atoms with Crippen molar-refractivity contribution < 1.29 is 4.42 Å². The fourth-order valence-corrected chi connectivity index (χ4v) is 8.39. The number of furan rings is 1. The third kappa shape index (κ3) is 3.82. The van der Waals surface area contributed by atoms with Gasteiger partial charge in [-0.3, -0.25) is 0 Å². The highest BCUT2D eigenvalue weighted by Crippen LogP contribution is 2.47. The van der Waals surface area contributed by atoms with Gasteiger partial charge in [-0.2, -0.15) is 0 Å². The molecule has 49 heavy (non-hydrogen) atoms. The molecular formula is C48H28O. The van der Waals surface area contributed by atoms with Gasteiger partial charge in [-0.15, -0.1) is 0 Å². The molecule has 0 spiro atoms. The van der Waals surface area contributed by atoms with Gasteiger partial charge in [-0.25, -0.2) is 0 Å². The summed E-state index contributed by atoms with van der Waals surface area (Å²) in [6.07, 6.45) is 0. The van der Waals surface area contributed by atoms with E-state index in [0.29, 0.717) is 0 Å². The predicted octanol–water partition coefficient (Wildman–Crippen LogP) is 13.8. The molecule has 1 heterocycles. The molecule has 1 nitrogen and oxygen atoms in total. The van der Waals surface area contributed by atoms with Crippen LogP contribution in [0, 0.1) is 0 Å². The van der Waals surface area contributed by atoms with E-state index in [9.17, 15) is 0 Å². The van der Waals surface area contributed by atoms with Crippen LogP contribution < -0.4 is 0 Å². The first-order valence-corrected chi connectivity index (χ1v) is 16.9. The molecule has 0 saturated carbocycles. The van der Waals surface area contributed by atoms with Crippen LogP contribution in [0.4, 0.5) is 0 Å². The average Bonchev–Trinajstić information content (AvgIpc) is 3.56. The Kier molecular flexibility index (Phi) is 5.45. The van der Waals surface area contributed by atoms with E-state index in [1.54, 1.807) is 0 Å². The molecule has 1 aromatic heterocycles. The molecular weight excluding hydrogens is 593 g/mol. The van der Waals surface area contributed by atoms with Crippen molar-refractivity contribution in [3.63, 3.8) is 0 Å². The molecule has 0 saturated heterocycles. The SMILES string of the molecule is c1ccc(-c2ccc(-c3cc(-c4ccc5ccc6cccc7ccc4c5c67)c4c(c3)oc3c5ccccc5ccc34)c3ccccc23)cc1. The van der Waals surface area contributed by atoms with Crippen molar-refractivity contribution in [2.24, 2.45) is 0 Å². The topological polar surface area (TPSA) is 13.1 Å². The number of fused-ring (bicyclic) bond motifs is 6. The van der Waals surface area contributed by atoms with Crippen LogP contribution >= 0.6 is 0 Å². The third-order valence-electron chi connectivity index (χ3n) is 10.6. The van der Waals surface area contributed by atoms with Gasteiger partial charge >= 0.3 is 0 Å². The van der Waals surface area contributed by atoms with Crippen molar-refractivity contribution in [3.05, 3.63) is 170 Å². The molecule has 0 unspecified atom stereocenters. The minimum Gasteiger partial charge on any atom is -0.455 e. The molecule has 226 valence electrons. The second-order valence-electron chi connectivity index (χ2n) is 13.2. The summed E-state index contributed by atoms with van der Waals surface area (Å²) in [6.45, 7) is 0. The van der Waals surface area contributed by atoms with Gasteiger partial charge in [0, 0.05) is 16.2 Å². The normalized spacial score (nSPS) is 12.1. The maximum atomic E-state index is 6.92. The van der Waals surface area contributed by atoms with Gasteiger partial charge in [0.15, 0.2) is 0 Å². The van der Waals surface area contributed by atoms with Gasteiger partial charge in [0.2, 0.25) is 0 Å². The van der Waals surface area contributed by atoms with E-state index >= 15 is 0 Å². The van der Waals surface area contributed by atoms with Crippen molar-refractivity contribution in [2.45, 2.75) is 0 Å². The Morgan fingerprint density at radius 3 is 1.65 bits per heavy atom. The van der Waals surface area contributed by atoms with Crippen molar-refractivity contribution in [2.75, 3.05) is 0 Å². The monoisotopic (exact) mass is 620 g/mol. The average molecular weight is 621 g/mol. The summed E-state index contributed by atoms with van der Waals surface area (Å²) in [5, 5.41) is 14.8. The first kappa shape index (κ1) is 26.6. The molecule has 0 fully saturated rings. The van der Waals surface area contributed by atoms with Crippen LogP contribution in [-0.2, 0) is 0 Å². The van der Waals surface area contributed by atoms with E-state index in [4.69, 9.17) is 4.42 Å². The van der Waals surface area contributed by atoms with Gasteiger partial charge in [-0.1, -0.05) is 152 Å². The lowest BCUT2D eigenvalue weighted by Gasteiger charge is -2.16. The Hall–Kier alpha value is -6.44. The first-order chi connectivity index (χ1) is 24.3. The van der Waals surface area contributed by atoms with E-state index in [-0.39, 0.29) is 0 Å². The zero-order valence-electron chi connectivity index (χ0n) is 26.6. The molecule has 0 radical (unpaired) electrons. The summed E-state index contributed by atoms with van der Waals surface area (Å²) < 4.78 is 6.92. The predicted molar refractivity (Wildman–Crippen MR) is 209 cm³/mol. The van der Waals surface area contributed by atoms with Crippen LogP contribution in [0.5, 0.6) is 0 Å². The highest BCUT2D eigenvalue weighted by Gasteiger charge is 2.21. The van der Waals surface area contributed by atoms with Crippen LogP contribution in [-0.4, -0.2) is 0 Å². The van der Waals surface area contributed by atoms with Crippen molar-refractivity contribution in [1.82, 2.24) is 0 Å². The third-order valence-corrected chi connectivity index (χ3v) is 10.6. The van der Waals surface area contributed by atoms with E-state index in [1.165, 1.54) is 76.3 Å². The van der Waals surface area contributed by atoms with Crippen LogP contribution in [0.25, 0.3) is 109 Å². The summed E-state index contributed by atoms with van der Waals surface area (Å²) in [5.74, 6) is 0. The van der Waals surface area contributed by atoms with Crippen LogP contribution in [0.1, 0.15) is 0 Å². The molecule has 0 amide bonds. The first-order valence-electron chi connectivity index (χ1n) is 16.9. The smallest absolute Gasteiger partial charge is 0.143 e.